The second kappa shape index (κ2) is 7.85. The lowest BCUT2D eigenvalue weighted by molar-refractivity contribution is -0.134. The van der Waals surface area contributed by atoms with Crippen molar-refractivity contribution in [2.45, 2.75) is 25.9 Å². The summed E-state index contributed by atoms with van der Waals surface area (Å²) in [6.07, 6.45) is 0. The van der Waals surface area contributed by atoms with Gasteiger partial charge in [-0.2, -0.15) is 0 Å². The van der Waals surface area contributed by atoms with Crippen molar-refractivity contribution in [1.29, 1.82) is 0 Å². The third-order valence-corrected chi connectivity index (χ3v) is 3.98. The van der Waals surface area contributed by atoms with Crippen molar-refractivity contribution in [3.8, 4) is 0 Å². The van der Waals surface area contributed by atoms with Crippen LogP contribution in [0.2, 0.25) is 0 Å². The van der Waals surface area contributed by atoms with E-state index in [4.69, 9.17) is 5.73 Å². The Balaban J connectivity index is 0.00000242. The van der Waals surface area contributed by atoms with Crippen LogP contribution in [0.5, 0.6) is 0 Å². The largest absolute Gasteiger partial charge is 0.339 e. The van der Waals surface area contributed by atoms with E-state index in [1.54, 1.807) is 11.8 Å². The first kappa shape index (κ1) is 18.8. The van der Waals surface area contributed by atoms with Crippen LogP contribution < -0.4 is 5.73 Å². The molecule has 1 heterocycles. The summed E-state index contributed by atoms with van der Waals surface area (Å²) < 4.78 is 26.8. The molecule has 0 aliphatic carbocycles. The molecular weight excluding hydrogens is 312 g/mol. The molecule has 0 bridgehead atoms. The third-order valence-electron chi connectivity index (χ3n) is 3.98. The Kier molecular flexibility index (Phi) is 6.71. The van der Waals surface area contributed by atoms with Crippen LogP contribution in [0.1, 0.15) is 25.5 Å². The molecule has 0 radical (unpaired) electrons. The summed E-state index contributed by atoms with van der Waals surface area (Å²) >= 11 is 0. The minimum atomic E-state index is -0.573. The molecule has 1 aromatic carbocycles. The number of nitrogens with two attached hydrogens (primary N) is 1. The lowest BCUT2D eigenvalue weighted by Crippen LogP contribution is -2.52. The number of amides is 1. The van der Waals surface area contributed by atoms with Gasteiger partial charge in [0.25, 0.3) is 0 Å². The van der Waals surface area contributed by atoms with Crippen LogP contribution in [-0.2, 0) is 4.79 Å². The predicted octanol–water partition coefficient (Wildman–Crippen LogP) is 1.94. The van der Waals surface area contributed by atoms with Crippen LogP contribution in [0.25, 0.3) is 0 Å². The van der Waals surface area contributed by atoms with Gasteiger partial charge in [0.15, 0.2) is 0 Å². The van der Waals surface area contributed by atoms with E-state index in [1.807, 2.05) is 6.92 Å². The van der Waals surface area contributed by atoms with E-state index < -0.39 is 17.7 Å². The average Bonchev–Trinajstić information content (AvgIpc) is 2.46. The maximum Gasteiger partial charge on any atom is 0.239 e. The normalized spacial score (nSPS) is 18.5. The molecule has 4 nitrogen and oxygen atoms in total. The fourth-order valence-corrected chi connectivity index (χ4v) is 2.65. The zero-order valence-electron chi connectivity index (χ0n) is 12.8. The Labute approximate surface area is 135 Å². The van der Waals surface area contributed by atoms with E-state index >= 15 is 0 Å². The summed E-state index contributed by atoms with van der Waals surface area (Å²) in [7, 11) is 0. The standard InChI is InChI=1S/C15H21F2N3O.ClH/c1-10(18)15(21)20-7-5-19(6-8-20)11(2)13-4-3-12(16)9-14(13)17;/h3-4,9-11H,5-8,18H2,1-2H3;1H. The molecule has 0 aromatic heterocycles. The van der Waals surface area contributed by atoms with Crippen molar-refractivity contribution in [1.82, 2.24) is 9.80 Å². The quantitative estimate of drug-likeness (QED) is 0.919. The molecule has 124 valence electrons. The van der Waals surface area contributed by atoms with Crippen LogP contribution in [-0.4, -0.2) is 47.9 Å². The minimum Gasteiger partial charge on any atom is -0.339 e. The van der Waals surface area contributed by atoms with Crippen LogP contribution in [0, 0.1) is 11.6 Å². The molecule has 2 N–H and O–H groups in total. The van der Waals surface area contributed by atoms with E-state index in [0.717, 1.165) is 6.07 Å². The molecule has 7 heteroatoms. The Morgan fingerprint density at radius 1 is 1.18 bits per heavy atom. The van der Waals surface area contributed by atoms with Crippen molar-refractivity contribution < 1.29 is 13.6 Å². The first-order valence-electron chi connectivity index (χ1n) is 7.13. The molecular formula is C15H22ClF2N3O. The zero-order chi connectivity index (χ0) is 15.6. The van der Waals surface area contributed by atoms with Gasteiger partial charge < -0.3 is 10.6 Å². The van der Waals surface area contributed by atoms with Gasteiger partial charge in [-0.1, -0.05) is 6.07 Å². The maximum absolute atomic E-state index is 13.8. The number of piperazine rings is 1. The lowest BCUT2D eigenvalue weighted by Gasteiger charge is -2.38. The van der Waals surface area contributed by atoms with Gasteiger partial charge in [0.05, 0.1) is 6.04 Å². The summed E-state index contributed by atoms with van der Waals surface area (Å²) in [4.78, 5) is 15.6. The number of nitrogens with zero attached hydrogens (tertiary/aromatic N) is 2. The highest BCUT2D eigenvalue weighted by atomic mass is 35.5. The number of hydrogen-bond acceptors (Lipinski definition) is 3. The molecule has 1 saturated heterocycles. The molecule has 1 aromatic rings. The second-order valence-corrected chi connectivity index (χ2v) is 5.49. The zero-order valence-corrected chi connectivity index (χ0v) is 13.6. The third kappa shape index (κ3) is 4.15. The summed E-state index contributed by atoms with van der Waals surface area (Å²) in [6.45, 7) is 6.01. The van der Waals surface area contributed by atoms with Gasteiger partial charge >= 0.3 is 0 Å². The molecule has 1 aliphatic rings. The van der Waals surface area contributed by atoms with Crippen molar-refractivity contribution in [2.75, 3.05) is 26.2 Å². The average molecular weight is 334 g/mol. The first-order valence-corrected chi connectivity index (χ1v) is 7.13. The van der Waals surface area contributed by atoms with E-state index in [0.29, 0.717) is 31.7 Å². The van der Waals surface area contributed by atoms with Gasteiger partial charge in [-0.3, -0.25) is 9.69 Å². The van der Waals surface area contributed by atoms with Crippen LogP contribution in [0.3, 0.4) is 0 Å². The second-order valence-electron chi connectivity index (χ2n) is 5.49. The van der Waals surface area contributed by atoms with Crippen LogP contribution in [0.15, 0.2) is 18.2 Å². The van der Waals surface area contributed by atoms with Gasteiger partial charge in [0.1, 0.15) is 11.6 Å². The molecule has 0 saturated carbocycles. The van der Waals surface area contributed by atoms with Gasteiger partial charge in [0.2, 0.25) is 5.91 Å². The number of hydrogen-bond donors (Lipinski definition) is 1. The molecule has 1 aliphatic heterocycles. The van der Waals surface area contributed by atoms with E-state index in [9.17, 15) is 13.6 Å². The molecule has 2 rings (SSSR count). The Hall–Kier alpha value is -1.24. The maximum atomic E-state index is 13.8. The fraction of sp³-hybridized carbons (Fsp3) is 0.533. The van der Waals surface area contributed by atoms with Crippen molar-refractivity contribution in [3.05, 3.63) is 35.4 Å². The molecule has 2 atom stereocenters. The monoisotopic (exact) mass is 333 g/mol. The summed E-state index contributed by atoms with van der Waals surface area (Å²) in [5.41, 5.74) is 6.07. The van der Waals surface area contributed by atoms with Crippen molar-refractivity contribution in [3.63, 3.8) is 0 Å². The molecule has 1 fully saturated rings. The van der Waals surface area contributed by atoms with E-state index in [1.165, 1.54) is 12.1 Å². The SMILES string of the molecule is CC(N)C(=O)N1CCN(C(C)c2ccc(F)cc2F)CC1.Cl. The minimum absolute atomic E-state index is 0. The van der Waals surface area contributed by atoms with Gasteiger partial charge in [-0.05, 0) is 19.9 Å². The summed E-state index contributed by atoms with van der Waals surface area (Å²) in [6, 6.07) is 3.00. The van der Waals surface area contributed by atoms with Gasteiger partial charge in [-0.25, -0.2) is 8.78 Å². The Morgan fingerprint density at radius 3 is 2.27 bits per heavy atom. The number of carbonyl (C=O) groups is 1. The molecule has 1 amide bonds. The van der Waals surface area contributed by atoms with Crippen molar-refractivity contribution >= 4 is 18.3 Å². The predicted molar refractivity (Wildman–Crippen MR) is 83.8 cm³/mol. The number of rotatable bonds is 3. The Morgan fingerprint density at radius 2 is 1.77 bits per heavy atom. The fourth-order valence-electron chi connectivity index (χ4n) is 2.65. The number of halogens is 3. The molecule has 0 spiro atoms. The van der Waals surface area contributed by atoms with E-state index in [2.05, 4.69) is 4.90 Å². The molecule has 22 heavy (non-hydrogen) atoms. The highest BCUT2D eigenvalue weighted by Gasteiger charge is 2.27. The highest BCUT2D eigenvalue weighted by Crippen LogP contribution is 2.24. The first-order chi connectivity index (χ1) is 9.90. The van der Waals surface area contributed by atoms with Gasteiger partial charge in [-0.15, -0.1) is 12.4 Å². The van der Waals surface area contributed by atoms with Crippen molar-refractivity contribution in [2.24, 2.45) is 5.73 Å². The molecule has 2 unspecified atom stereocenters. The van der Waals surface area contributed by atoms with Gasteiger partial charge in [0, 0.05) is 43.9 Å². The Bertz CT molecular complexity index is 520. The topological polar surface area (TPSA) is 49.6 Å². The highest BCUT2D eigenvalue weighted by molar-refractivity contribution is 5.85. The summed E-state index contributed by atoms with van der Waals surface area (Å²) in [5.74, 6) is -1.16. The number of carbonyl (C=O) groups excluding carboxylic acids is 1. The smallest absolute Gasteiger partial charge is 0.239 e. The summed E-state index contributed by atoms with van der Waals surface area (Å²) in [5, 5.41) is 0. The van der Waals surface area contributed by atoms with Crippen LogP contribution >= 0.6 is 12.4 Å². The number of benzene rings is 1. The van der Waals surface area contributed by atoms with E-state index in [-0.39, 0.29) is 24.4 Å². The lowest BCUT2D eigenvalue weighted by atomic mass is 10.1. The van der Waals surface area contributed by atoms with Crippen LogP contribution in [0.4, 0.5) is 8.78 Å².